The van der Waals surface area contributed by atoms with E-state index in [-0.39, 0.29) is 22.3 Å². The summed E-state index contributed by atoms with van der Waals surface area (Å²) in [5.74, 6) is -0.351. The number of hydrogen-bond donors (Lipinski definition) is 0. The van der Waals surface area contributed by atoms with E-state index < -0.39 is 23.2 Å². The van der Waals surface area contributed by atoms with Crippen LogP contribution in [0.2, 0.25) is 0 Å². The molecule has 5 nitrogen and oxygen atoms in total. The lowest BCUT2D eigenvalue weighted by Crippen LogP contribution is -2.29. The summed E-state index contributed by atoms with van der Waals surface area (Å²) in [5, 5.41) is 0.101. The third-order valence-electron chi connectivity index (χ3n) is 6.11. The van der Waals surface area contributed by atoms with Crippen LogP contribution in [0.4, 0.5) is 10.1 Å². The summed E-state index contributed by atoms with van der Waals surface area (Å²) < 4.78 is 26.6. The van der Waals surface area contributed by atoms with Gasteiger partial charge in [-0.15, -0.1) is 0 Å². The van der Waals surface area contributed by atoms with Gasteiger partial charge in [-0.3, -0.25) is 14.5 Å². The molecule has 1 unspecified atom stereocenters. The maximum atomic E-state index is 14.0. The summed E-state index contributed by atoms with van der Waals surface area (Å²) in [7, 11) is 0. The van der Waals surface area contributed by atoms with Crippen LogP contribution >= 0.6 is 15.9 Å². The Morgan fingerprint density at radius 3 is 2.66 bits per heavy atom. The molecule has 1 aliphatic heterocycles. The minimum absolute atomic E-state index is 0.0339. The molecule has 3 aromatic carbocycles. The molecule has 1 amide bonds. The first-order valence-electron chi connectivity index (χ1n) is 11.6. The van der Waals surface area contributed by atoms with E-state index in [1.807, 2.05) is 42.5 Å². The number of fused-ring (bicyclic) bond motifs is 2. The highest BCUT2D eigenvalue weighted by atomic mass is 79.9. The number of benzene rings is 3. The van der Waals surface area contributed by atoms with Crippen molar-refractivity contribution < 1.29 is 18.3 Å². The van der Waals surface area contributed by atoms with E-state index >= 15 is 0 Å². The normalized spacial score (nSPS) is 15.0. The van der Waals surface area contributed by atoms with Crippen LogP contribution in [0.3, 0.4) is 0 Å². The lowest BCUT2D eigenvalue weighted by molar-refractivity contribution is 0.0971. The number of rotatable bonds is 7. The van der Waals surface area contributed by atoms with Gasteiger partial charge in [0.25, 0.3) is 5.91 Å². The van der Waals surface area contributed by atoms with Gasteiger partial charge in [0, 0.05) is 10.2 Å². The monoisotopic (exact) mass is 535 g/mol. The Morgan fingerprint density at radius 2 is 1.86 bits per heavy atom. The molecule has 0 spiro atoms. The lowest BCUT2D eigenvalue weighted by atomic mass is 9.98. The van der Waals surface area contributed by atoms with Gasteiger partial charge in [-0.2, -0.15) is 0 Å². The molecule has 0 aliphatic carbocycles. The van der Waals surface area contributed by atoms with Gasteiger partial charge in [0.05, 0.1) is 23.6 Å². The quantitative estimate of drug-likeness (QED) is 0.239. The largest absolute Gasteiger partial charge is 0.494 e. The number of carbonyl (C=O) groups is 1. The van der Waals surface area contributed by atoms with Gasteiger partial charge >= 0.3 is 0 Å². The molecule has 0 N–H and O–H groups in total. The number of nitrogens with zero attached hydrogens (tertiary/aromatic N) is 1. The second-order valence-electron chi connectivity index (χ2n) is 8.50. The Morgan fingerprint density at radius 1 is 1.03 bits per heavy atom. The summed E-state index contributed by atoms with van der Waals surface area (Å²) in [6.07, 6.45) is 3.11. The van der Waals surface area contributed by atoms with Crippen LogP contribution in [0, 0.1) is 5.82 Å². The van der Waals surface area contributed by atoms with Crippen molar-refractivity contribution in [2.24, 2.45) is 0 Å². The zero-order valence-electron chi connectivity index (χ0n) is 19.1. The van der Waals surface area contributed by atoms with Crippen molar-refractivity contribution in [3.05, 3.63) is 104 Å². The van der Waals surface area contributed by atoms with Crippen LogP contribution < -0.4 is 15.1 Å². The molecule has 0 radical (unpaired) electrons. The molecule has 178 valence electrons. The Balaban J connectivity index is 1.68. The van der Waals surface area contributed by atoms with Crippen molar-refractivity contribution in [2.45, 2.75) is 32.2 Å². The SMILES string of the molecule is CCCCCOc1cccc(C2c3c(oc4ccc(F)cc4c3=O)C(=O)N2c2cccc(Br)c2)c1. The molecule has 1 aliphatic rings. The van der Waals surface area contributed by atoms with E-state index in [9.17, 15) is 14.0 Å². The third-order valence-corrected chi connectivity index (χ3v) is 6.60. The first kappa shape index (κ1) is 23.3. The number of hydrogen-bond acceptors (Lipinski definition) is 4. The molecular formula is C28H23BrFNO4. The lowest BCUT2D eigenvalue weighted by Gasteiger charge is -2.25. The highest BCUT2D eigenvalue weighted by Gasteiger charge is 2.43. The molecule has 7 heteroatoms. The number of ether oxygens (including phenoxy) is 1. The van der Waals surface area contributed by atoms with Gasteiger partial charge in [-0.05, 0) is 60.5 Å². The average molecular weight is 536 g/mol. The minimum Gasteiger partial charge on any atom is -0.494 e. The standard InChI is InChI=1S/C28H23BrFNO4/c1-2-3-4-13-34-21-10-5-7-17(14-21)25-24-26(32)22-16-19(30)11-12-23(22)35-27(24)28(33)31(25)20-9-6-8-18(29)15-20/h5-12,14-16,25H,2-4,13H2,1H3. The smallest absolute Gasteiger partial charge is 0.295 e. The van der Waals surface area contributed by atoms with Crippen molar-refractivity contribution in [3.63, 3.8) is 0 Å². The molecule has 2 heterocycles. The van der Waals surface area contributed by atoms with Crippen LogP contribution in [0.1, 0.15) is 53.9 Å². The highest BCUT2D eigenvalue weighted by Crippen LogP contribution is 2.42. The second-order valence-corrected chi connectivity index (χ2v) is 9.42. The minimum atomic E-state index is -0.755. The van der Waals surface area contributed by atoms with E-state index in [1.165, 1.54) is 12.1 Å². The average Bonchev–Trinajstić information content (AvgIpc) is 3.15. The van der Waals surface area contributed by atoms with Crippen molar-refractivity contribution in [1.29, 1.82) is 0 Å². The molecule has 0 saturated carbocycles. The molecule has 5 rings (SSSR count). The Hall–Kier alpha value is -3.45. The topological polar surface area (TPSA) is 59.8 Å². The third kappa shape index (κ3) is 4.36. The molecule has 1 atom stereocenters. The summed E-state index contributed by atoms with van der Waals surface area (Å²) in [5.41, 5.74) is 1.24. The maximum Gasteiger partial charge on any atom is 0.295 e. The first-order chi connectivity index (χ1) is 17.0. The summed E-state index contributed by atoms with van der Waals surface area (Å²) in [4.78, 5) is 28.8. The fraction of sp³-hybridized carbons (Fsp3) is 0.214. The van der Waals surface area contributed by atoms with E-state index in [1.54, 1.807) is 11.0 Å². The predicted molar refractivity (Wildman–Crippen MR) is 137 cm³/mol. The van der Waals surface area contributed by atoms with Gasteiger partial charge in [0.2, 0.25) is 5.76 Å². The van der Waals surface area contributed by atoms with Gasteiger partial charge < -0.3 is 9.15 Å². The van der Waals surface area contributed by atoms with Crippen molar-refractivity contribution in [3.8, 4) is 5.75 Å². The maximum absolute atomic E-state index is 14.0. The van der Waals surface area contributed by atoms with Crippen LogP contribution in [0.25, 0.3) is 11.0 Å². The molecule has 4 aromatic rings. The van der Waals surface area contributed by atoms with Crippen LogP contribution in [0.5, 0.6) is 5.75 Å². The zero-order chi connectivity index (χ0) is 24.5. The summed E-state index contributed by atoms with van der Waals surface area (Å²) in [6, 6.07) is 17.7. The first-order valence-corrected chi connectivity index (χ1v) is 12.4. The van der Waals surface area contributed by atoms with Crippen LogP contribution in [-0.2, 0) is 0 Å². The van der Waals surface area contributed by atoms with E-state index in [2.05, 4.69) is 22.9 Å². The molecule has 0 fully saturated rings. The fourth-order valence-electron chi connectivity index (χ4n) is 4.47. The number of halogens is 2. The summed E-state index contributed by atoms with van der Waals surface area (Å²) >= 11 is 3.47. The Bertz CT molecular complexity index is 1480. The Labute approximate surface area is 210 Å². The fourth-order valence-corrected chi connectivity index (χ4v) is 4.86. The van der Waals surface area contributed by atoms with Gasteiger partial charge in [0.15, 0.2) is 5.43 Å². The van der Waals surface area contributed by atoms with Crippen LogP contribution in [-0.4, -0.2) is 12.5 Å². The summed E-state index contributed by atoms with van der Waals surface area (Å²) in [6.45, 7) is 2.71. The van der Waals surface area contributed by atoms with Crippen LogP contribution in [0.15, 0.2) is 80.4 Å². The van der Waals surface area contributed by atoms with Crippen molar-refractivity contribution in [1.82, 2.24) is 0 Å². The number of anilines is 1. The van der Waals surface area contributed by atoms with E-state index in [0.29, 0.717) is 23.6 Å². The van der Waals surface area contributed by atoms with Gasteiger partial charge in [-0.1, -0.05) is 53.9 Å². The molecule has 0 saturated heterocycles. The molecule has 0 bridgehead atoms. The second kappa shape index (κ2) is 9.66. The van der Waals surface area contributed by atoms with Gasteiger partial charge in [0.1, 0.15) is 17.1 Å². The zero-order valence-corrected chi connectivity index (χ0v) is 20.7. The number of carbonyl (C=O) groups excluding carboxylic acids is 1. The molecule has 1 aromatic heterocycles. The van der Waals surface area contributed by atoms with E-state index in [0.717, 1.165) is 29.8 Å². The molecule has 35 heavy (non-hydrogen) atoms. The predicted octanol–water partition coefficient (Wildman–Crippen LogP) is 7.01. The molecular weight excluding hydrogens is 513 g/mol. The van der Waals surface area contributed by atoms with Crippen molar-refractivity contribution in [2.75, 3.05) is 11.5 Å². The Kier molecular flexibility index (Phi) is 6.43. The number of amides is 1. The highest BCUT2D eigenvalue weighted by molar-refractivity contribution is 9.10. The van der Waals surface area contributed by atoms with E-state index in [4.69, 9.17) is 9.15 Å². The number of unbranched alkanes of at least 4 members (excludes halogenated alkanes) is 2. The van der Waals surface area contributed by atoms with Crippen molar-refractivity contribution >= 4 is 38.5 Å². The van der Waals surface area contributed by atoms with Gasteiger partial charge in [-0.25, -0.2) is 4.39 Å².